The lowest BCUT2D eigenvalue weighted by atomic mass is 9.87. The first-order chi connectivity index (χ1) is 16.1. The average molecular weight is 544 g/mol. The van der Waals surface area contributed by atoms with Crippen LogP contribution in [0, 0.1) is 20.2 Å². The van der Waals surface area contributed by atoms with Gasteiger partial charge >= 0.3 is 35.5 Å². The van der Waals surface area contributed by atoms with Crippen molar-refractivity contribution in [2.45, 2.75) is 35.5 Å². The lowest BCUT2D eigenvalue weighted by Crippen LogP contribution is -2.69. The Labute approximate surface area is 190 Å². The fraction of sp³-hybridized carbons (Fsp3) is 0.333. The maximum absolute atomic E-state index is 14.2. The van der Waals surface area contributed by atoms with Crippen molar-refractivity contribution in [1.82, 2.24) is 0 Å². The molecule has 0 saturated carbocycles. The van der Waals surface area contributed by atoms with Crippen molar-refractivity contribution >= 4 is 11.4 Å². The maximum Gasteiger partial charge on any atom is 0.385 e. The number of nitro benzene ring substituents is 2. The maximum atomic E-state index is 14.2. The van der Waals surface area contributed by atoms with Crippen LogP contribution in [0.5, 0.6) is 0 Å². The first-order valence-corrected chi connectivity index (χ1v) is 8.84. The van der Waals surface area contributed by atoms with E-state index in [1.165, 1.54) is 0 Å². The van der Waals surface area contributed by atoms with Gasteiger partial charge in [0.05, 0.1) is 9.85 Å². The van der Waals surface area contributed by atoms with Crippen LogP contribution in [0.4, 0.5) is 64.1 Å². The molecule has 0 fully saturated rings. The molecule has 6 nitrogen and oxygen atoms in total. The molecule has 0 aromatic heterocycles. The van der Waals surface area contributed by atoms with Gasteiger partial charge in [0.15, 0.2) is 0 Å². The molecule has 0 aliphatic rings. The largest absolute Gasteiger partial charge is 0.385 e. The summed E-state index contributed by atoms with van der Waals surface area (Å²) in [6.45, 7) is 0. The van der Waals surface area contributed by atoms with E-state index >= 15 is 0 Å². The van der Waals surface area contributed by atoms with Gasteiger partial charge in [0.2, 0.25) is 0 Å². The van der Waals surface area contributed by atoms with Crippen LogP contribution in [0.3, 0.4) is 0 Å². The fourth-order valence-electron chi connectivity index (χ4n) is 2.74. The predicted molar refractivity (Wildman–Crippen MR) is 93.8 cm³/mol. The Bertz CT molecular complexity index is 1060. The van der Waals surface area contributed by atoms with Crippen LogP contribution in [0.25, 0.3) is 0 Å². The topological polar surface area (TPSA) is 86.3 Å². The summed E-state index contributed by atoms with van der Waals surface area (Å²) in [6, 6.07) is -0.735. The number of nitrogens with zero attached hydrogens (tertiary/aromatic N) is 2. The molecule has 18 heteroatoms. The lowest BCUT2D eigenvalue weighted by Gasteiger charge is -2.41. The zero-order valence-corrected chi connectivity index (χ0v) is 16.7. The van der Waals surface area contributed by atoms with E-state index in [1.54, 1.807) is 0 Å². The monoisotopic (exact) mass is 544 g/mol. The van der Waals surface area contributed by atoms with Crippen LogP contribution < -0.4 is 0 Å². The molecule has 2 aromatic carbocycles. The quantitative estimate of drug-likeness (QED) is 0.195. The number of non-ortho nitro benzene ring substituents is 2. The molecule has 2 rings (SSSR count). The Morgan fingerprint density at radius 1 is 0.444 bits per heavy atom. The molecule has 0 heterocycles. The Morgan fingerprint density at radius 3 is 0.861 bits per heavy atom. The zero-order valence-electron chi connectivity index (χ0n) is 16.7. The van der Waals surface area contributed by atoms with E-state index in [9.17, 15) is 72.9 Å². The molecule has 0 amide bonds. The molecule has 0 unspecified atom stereocenters. The lowest BCUT2D eigenvalue weighted by molar-refractivity contribution is -0.429. The minimum absolute atomic E-state index is 0.0763. The highest BCUT2D eigenvalue weighted by Crippen LogP contribution is 2.63. The number of nitro groups is 2. The van der Waals surface area contributed by atoms with Crippen LogP contribution in [-0.2, 0) is 11.8 Å². The summed E-state index contributed by atoms with van der Waals surface area (Å²) in [5, 5.41) is 21.0. The number of alkyl halides is 12. The van der Waals surface area contributed by atoms with Crippen molar-refractivity contribution in [1.29, 1.82) is 0 Å². The van der Waals surface area contributed by atoms with Crippen LogP contribution in [0.1, 0.15) is 11.1 Å². The first-order valence-electron chi connectivity index (χ1n) is 8.84. The number of rotatable bonds is 9. The summed E-state index contributed by atoms with van der Waals surface area (Å²) in [4.78, 5) is 18.5. The Morgan fingerprint density at radius 2 is 0.667 bits per heavy atom. The zero-order chi connectivity index (χ0) is 28.1. The summed E-state index contributed by atoms with van der Waals surface area (Å²) in [5.74, 6) is -43.5. The van der Waals surface area contributed by atoms with Crippen molar-refractivity contribution in [2.24, 2.45) is 0 Å². The summed E-state index contributed by atoms with van der Waals surface area (Å²) >= 11 is 0. The van der Waals surface area contributed by atoms with Gasteiger partial charge in [-0.05, 0) is 24.3 Å². The highest BCUT2D eigenvalue weighted by Gasteiger charge is 2.90. The molecule has 0 N–H and O–H groups in total. The Kier molecular flexibility index (Phi) is 6.77. The van der Waals surface area contributed by atoms with Crippen LogP contribution in [-0.4, -0.2) is 33.5 Å². The van der Waals surface area contributed by atoms with Gasteiger partial charge in [-0.15, -0.1) is 0 Å². The summed E-state index contributed by atoms with van der Waals surface area (Å²) in [6.07, 6.45) is 0. The third-order valence-electron chi connectivity index (χ3n) is 4.85. The first kappa shape index (κ1) is 28.6. The highest BCUT2D eigenvalue weighted by molar-refractivity contribution is 5.38. The van der Waals surface area contributed by atoms with Crippen molar-refractivity contribution in [3.8, 4) is 0 Å². The van der Waals surface area contributed by atoms with Gasteiger partial charge in [-0.2, -0.15) is 52.7 Å². The van der Waals surface area contributed by atoms with Crippen LogP contribution in [0.2, 0.25) is 0 Å². The second-order valence-electron chi connectivity index (χ2n) is 7.05. The van der Waals surface area contributed by atoms with Crippen molar-refractivity contribution in [2.75, 3.05) is 0 Å². The van der Waals surface area contributed by atoms with E-state index in [2.05, 4.69) is 0 Å². The summed E-state index contributed by atoms with van der Waals surface area (Å²) < 4.78 is 170. The van der Waals surface area contributed by atoms with Gasteiger partial charge in [0, 0.05) is 35.4 Å². The molecule has 2 aromatic rings. The van der Waals surface area contributed by atoms with Crippen molar-refractivity contribution < 1.29 is 62.5 Å². The molecule has 0 radical (unpaired) electrons. The minimum atomic E-state index is -7.86. The minimum Gasteiger partial charge on any atom is -0.258 e. The van der Waals surface area contributed by atoms with Gasteiger partial charge in [-0.3, -0.25) is 20.2 Å². The fourth-order valence-corrected chi connectivity index (χ4v) is 2.74. The predicted octanol–water partition coefficient (Wildman–Crippen LogP) is 6.93. The van der Waals surface area contributed by atoms with Gasteiger partial charge in [0.1, 0.15) is 0 Å². The smallest absolute Gasteiger partial charge is 0.258 e. The van der Waals surface area contributed by atoms with Gasteiger partial charge in [-0.1, -0.05) is 0 Å². The molecule has 198 valence electrons. The van der Waals surface area contributed by atoms with Gasteiger partial charge in [-0.25, -0.2) is 0 Å². The highest BCUT2D eigenvalue weighted by atomic mass is 19.4. The third-order valence-corrected chi connectivity index (χ3v) is 4.85. The molecule has 0 spiro atoms. The summed E-state index contributed by atoms with van der Waals surface area (Å²) in [5.41, 5.74) is -6.61. The molecule has 0 aliphatic heterocycles. The molecule has 0 bridgehead atoms. The molecule has 36 heavy (non-hydrogen) atoms. The Balaban J connectivity index is 2.58. The third kappa shape index (κ3) is 3.97. The van der Waals surface area contributed by atoms with E-state index < -0.39 is 67.9 Å². The van der Waals surface area contributed by atoms with E-state index in [0.717, 1.165) is 0 Å². The molecule has 0 aliphatic carbocycles. The van der Waals surface area contributed by atoms with E-state index in [4.69, 9.17) is 0 Å². The normalized spacial score (nSPS) is 14.0. The number of hydrogen-bond donors (Lipinski definition) is 0. The van der Waals surface area contributed by atoms with Crippen LogP contribution in [0.15, 0.2) is 48.5 Å². The van der Waals surface area contributed by atoms with Crippen molar-refractivity contribution in [3.05, 3.63) is 79.9 Å². The number of hydrogen-bond acceptors (Lipinski definition) is 4. The number of benzene rings is 2. The summed E-state index contributed by atoms with van der Waals surface area (Å²) in [7, 11) is 0. The second kappa shape index (κ2) is 8.51. The SMILES string of the molecule is O=[N+]([O-])c1ccc(C(F)(F)C(F)(F)C(F)(F)C(F)(F)C(F)(F)C(F)(F)c2ccc([N+](=O)[O-])cc2)cc1. The second-order valence-corrected chi connectivity index (χ2v) is 7.05. The van der Waals surface area contributed by atoms with E-state index in [1.807, 2.05) is 0 Å². The van der Waals surface area contributed by atoms with Crippen LogP contribution >= 0.6 is 0 Å². The molecule has 0 atom stereocenters. The molecular formula is C18H8F12N2O4. The molecular weight excluding hydrogens is 536 g/mol. The van der Waals surface area contributed by atoms with E-state index in [0.29, 0.717) is 0 Å². The standard InChI is InChI=1S/C18H8F12N2O4/c19-13(20,9-1-5-11(6-2-9)31(33)34)15(23,24)17(27,28)18(29,30)16(25,26)14(21,22)10-3-7-12(8-4-10)32(35)36/h1-8H. The van der Waals surface area contributed by atoms with Gasteiger partial charge in [0.25, 0.3) is 11.4 Å². The van der Waals surface area contributed by atoms with Gasteiger partial charge < -0.3 is 0 Å². The van der Waals surface area contributed by atoms with Crippen molar-refractivity contribution in [3.63, 3.8) is 0 Å². The molecule has 0 saturated heterocycles. The van der Waals surface area contributed by atoms with E-state index in [-0.39, 0.29) is 48.5 Å². The number of halogens is 12. The Hall–Kier alpha value is -3.60. The average Bonchev–Trinajstić information content (AvgIpc) is 2.78.